The summed E-state index contributed by atoms with van der Waals surface area (Å²) in [7, 11) is 0. The van der Waals surface area contributed by atoms with Crippen LogP contribution in [0.15, 0.2) is 54.6 Å². The van der Waals surface area contributed by atoms with Crippen molar-refractivity contribution in [3.05, 3.63) is 65.9 Å². The molecule has 1 fully saturated rings. The van der Waals surface area contributed by atoms with Crippen LogP contribution >= 0.6 is 0 Å². The van der Waals surface area contributed by atoms with Crippen molar-refractivity contribution in [1.82, 2.24) is 14.9 Å². The quantitative estimate of drug-likeness (QED) is 0.675. The minimum Gasteiger partial charge on any atom is -0.351 e. The summed E-state index contributed by atoms with van der Waals surface area (Å²) >= 11 is 0. The van der Waals surface area contributed by atoms with Gasteiger partial charge in [0.2, 0.25) is 5.91 Å². The van der Waals surface area contributed by atoms with Crippen molar-refractivity contribution in [2.45, 2.75) is 12.6 Å². The number of fused-ring (bicyclic) bond motifs is 1. The topological polar surface area (TPSA) is 49.3 Å². The molecule has 1 saturated heterocycles. The fraction of sp³-hybridized carbons (Fsp3) is 0.286. The van der Waals surface area contributed by atoms with Gasteiger partial charge in [0.05, 0.1) is 17.5 Å². The number of aromatic nitrogens is 2. The second-order valence-electron chi connectivity index (χ2n) is 6.91. The smallest absolute Gasteiger partial charge is 0.351 e. The Labute approximate surface area is 165 Å². The Hall–Kier alpha value is -3.16. The first-order valence-electron chi connectivity index (χ1n) is 9.32. The predicted molar refractivity (Wildman–Crippen MR) is 103 cm³/mol. The molecule has 0 N–H and O–H groups in total. The molecule has 0 aliphatic carbocycles. The molecule has 150 valence electrons. The lowest BCUT2D eigenvalue weighted by molar-refractivity contribution is -0.140. The first kappa shape index (κ1) is 19.2. The minimum atomic E-state index is -4.60. The fourth-order valence-corrected chi connectivity index (χ4v) is 3.45. The Morgan fingerprint density at radius 2 is 1.45 bits per heavy atom. The highest BCUT2D eigenvalue weighted by molar-refractivity contribution is 5.79. The van der Waals surface area contributed by atoms with Crippen molar-refractivity contribution in [2.24, 2.45) is 0 Å². The van der Waals surface area contributed by atoms with E-state index in [9.17, 15) is 18.0 Å². The van der Waals surface area contributed by atoms with Gasteiger partial charge in [0.15, 0.2) is 11.5 Å². The van der Waals surface area contributed by atoms with E-state index in [0.717, 1.165) is 5.56 Å². The third-order valence-corrected chi connectivity index (χ3v) is 4.95. The monoisotopic (exact) mass is 400 g/mol. The highest BCUT2D eigenvalue weighted by Crippen LogP contribution is 2.35. The lowest BCUT2D eigenvalue weighted by atomic mass is 10.1. The van der Waals surface area contributed by atoms with Gasteiger partial charge in [-0.15, -0.1) is 0 Å². The number of piperazine rings is 1. The summed E-state index contributed by atoms with van der Waals surface area (Å²) in [5, 5.41) is 0. The molecular weight excluding hydrogens is 381 g/mol. The number of para-hydroxylation sites is 2. The van der Waals surface area contributed by atoms with Gasteiger partial charge in [0.1, 0.15) is 0 Å². The Morgan fingerprint density at radius 1 is 0.862 bits per heavy atom. The van der Waals surface area contributed by atoms with Crippen molar-refractivity contribution >= 4 is 22.8 Å². The van der Waals surface area contributed by atoms with Crippen LogP contribution in [0.3, 0.4) is 0 Å². The van der Waals surface area contributed by atoms with E-state index in [-0.39, 0.29) is 36.8 Å². The SMILES string of the molecule is O=C(Cc1ccccc1)N1CCN(c2nc3ccccc3nc2C(F)(F)F)CC1. The van der Waals surface area contributed by atoms with Gasteiger partial charge in [0.25, 0.3) is 0 Å². The Bertz CT molecular complexity index is 1020. The van der Waals surface area contributed by atoms with E-state index in [2.05, 4.69) is 9.97 Å². The van der Waals surface area contributed by atoms with Crippen molar-refractivity contribution in [2.75, 3.05) is 31.1 Å². The van der Waals surface area contributed by atoms with Crippen molar-refractivity contribution in [3.8, 4) is 0 Å². The average molecular weight is 400 g/mol. The van der Waals surface area contributed by atoms with E-state index in [1.54, 1.807) is 28.0 Å². The van der Waals surface area contributed by atoms with Gasteiger partial charge in [-0.3, -0.25) is 4.79 Å². The molecular formula is C21H19F3N4O. The summed E-state index contributed by atoms with van der Waals surface area (Å²) in [6, 6.07) is 15.9. The highest BCUT2D eigenvalue weighted by atomic mass is 19.4. The van der Waals surface area contributed by atoms with Crippen LogP contribution in [0.25, 0.3) is 11.0 Å². The molecule has 4 rings (SSSR count). The lowest BCUT2D eigenvalue weighted by Gasteiger charge is -2.36. The van der Waals surface area contributed by atoms with Gasteiger partial charge < -0.3 is 9.80 Å². The number of alkyl halides is 3. The molecule has 0 atom stereocenters. The summed E-state index contributed by atoms with van der Waals surface area (Å²) < 4.78 is 40.8. The fourth-order valence-electron chi connectivity index (χ4n) is 3.45. The molecule has 1 aromatic heterocycles. The molecule has 0 saturated carbocycles. The molecule has 3 aromatic rings. The molecule has 1 aliphatic heterocycles. The molecule has 2 aromatic carbocycles. The molecule has 1 amide bonds. The van der Waals surface area contributed by atoms with Gasteiger partial charge in [-0.25, -0.2) is 9.97 Å². The number of halogens is 3. The Morgan fingerprint density at radius 3 is 2.07 bits per heavy atom. The summed E-state index contributed by atoms with van der Waals surface area (Å²) in [6.07, 6.45) is -4.32. The number of carbonyl (C=O) groups excluding carboxylic acids is 1. The van der Waals surface area contributed by atoms with E-state index < -0.39 is 11.9 Å². The van der Waals surface area contributed by atoms with Crippen LogP contribution in [0.1, 0.15) is 11.3 Å². The molecule has 0 spiro atoms. The van der Waals surface area contributed by atoms with E-state index >= 15 is 0 Å². The maximum absolute atomic E-state index is 13.6. The molecule has 1 aliphatic rings. The maximum Gasteiger partial charge on any atom is 0.437 e. The highest BCUT2D eigenvalue weighted by Gasteiger charge is 2.39. The van der Waals surface area contributed by atoms with Crippen LogP contribution in [-0.4, -0.2) is 47.0 Å². The third kappa shape index (κ3) is 4.16. The standard InChI is InChI=1S/C21H19F3N4O/c22-21(23,24)19-20(26-17-9-5-4-8-16(17)25-19)28-12-10-27(11-13-28)18(29)14-15-6-2-1-3-7-15/h1-9H,10-14H2. The molecule has 0 radical (unpaired) electrons. The van der Waals surface area contributed by atoms with Gasteiger partial charge >= 0.3 is 6.18 Å². The third-order valence-electron chi connectivity index (χ3n) is 4.95. The second-order valence-corrected chi connectivity index (χ2v) is 6.91. The number of hydrogen-bond acceptors (Lipinski definition) is 4. The first-order valence-corrected chi connectivity index (χ1v) is 9.32. The number of hydrogen-bond donors (Lipinski definition) is 0. The number of rotatable bonds is 3. The van der Waals surface area contributed by atoms with Crippen LogP contribution in [0.4, 0.5) is 19.0 Å². The maximum atomic E-state index is 13.6. The van der Waals surface area contributed by atoms with Crippen molar-refractivity contribution < 1.29 is 18.0 Å². The van der Waals surface area contributed by atoms with E-state index in [1.165, 1.54) is 6.07 Å². The van der Waals surface area contributed by atoms with Crippen LogP contribution in [-0.2, 0) is 17.4 Å². The number of anilines is 1. The van der Waals surface area contributed by atoms with Gasteiger partial charge in [-0.2, -0.15) is 13.2 Å². The summed E-state index contributed by atoms with van der Waals surface area (Å²) in [4.78, 5) is 23.8. The molecule has 29 heavy (non-hydrogen) atoms. The molecule has 0 unspecified atom stereocenters. The van der Waals surface area contributed by atoms with Gasteiger partial charge in [-0.05, 0) is 17.7 Å². The normalized spacial score (nSPS) is 15.0. The summed E-state index contributed by atoms with van der Waals surface area (Å²) in [5.41, 5.74) is 0.554. The van der Waals surface area contributed by atoms with E-state index in [1.807, 2.05) is 30.3 Å². The number of amides is 1. The molecule has 0 bridgehead atoms. The zero-order chi connectivity index (χ0) is 20.4. The molecule has 5 nitrogen and oxygen atoms in total. The Balaban J connectivity index is 1.52. The van der Waals surface area contributed by atoms with Crippen LogP contribution < -0.4 is 4.90 Å². The zero-order valence-electron chi connectivity index (χ0n) is 15.6. The molecule has 8 heteroatoms. The lowest BCUT2D eigenvalue weighted by Crippen LogP contribution is -2.50. The van der Waals surface area contributed by atoms with Crippen LogP contribution in [0.2, 0.25) is 0 Å². The second kappa shape index (κ2) is 7.69. The van der Waals surface area contributed by atoms with Crippen molar-refractivity contribution in [1.29, 1.82) is 0 Å². The minimum absolute atomic E-state index is 0.0310. The average Bonchev–Trinajstić information content (AvgIpc) is 2.73. The molecule has 2 heterocycles. The number of benzene rings is 2. The largest absolute Gasteiger partial charge is 0.437 e. The predicted octanol–water partition coefficient (Wildman–Crippen LogP) is 3.54. The van der Waals surface area contributed by atoms with Crippen molar-refractivity contribution in [3.63, 3.8) is 0 Å². The van der Waals surface area contributed by atoms with Crippen LogP contribution in [0.5, 0.6) is 0 Å². The summed E-state index contributed by atoms with van der Waals surface area (Å²) in [6.45, 7) is 1.24. The number of nitrogens with zero attached hydrogens (tertiary/aromatic N) is 4. The van der Waals surface area contributed by atoms with Crippen LogP contribution in [0, 0.1) is 0 Å². The Kier molecular flexibility index (Phi) is 5.08. The number of carbonyl (C=O) groups is 1. The summed E-state index contributed by atoms with van der Waals surface area (Å²) in [5.74, 6) is -0.206. The van der Waals surface area contributed by atoms with E-state index in [0.29, 0.717) is 18.6 Å². The van der Waals surface area contributed by atoms with E-state index in [4.69, 9.17) is 0 Å². The van der Waals surface area contributed by atoms with Gasteiger partial charge in [-0.1, -0.05) is 42.5 Å². The van der Waals surface area contributed by atoms with Gasteiger partial charge in [0, 0.05) is 26.2 Å². The first-order chi connectivity index (χ1) is 13.9. The zero-order valence-corrected chi connectivity index (χ0v) is 15.6.